The van der Waals surface area contributed by atoms with Crippen LogP contribution in [0.4, 0.5) is 8.78 Å². The van der Waals surface area contributed by atoms with Gasteiger partial charge in [-0.25, -0.2) is 4.39 Å². The second kappa shape index (κ2) is 8.85. The van der Waals surface area contributed by atoms with E-state index in [1.807, 2.05) is 6.92 Å². The molecule has 0 atom stereocenters. The van der Waals surface area contributed by atoms with Gasteiger partial charge in [-0.3, -0.25) is 0 Å². The number of halogens is 2. The average Bonchev–Trinajstić information content (AvgIpc) is 2.57. The lowest BCUT2D eigenvalue weighted by Gasteiger charge is -2.29. The van der Waals surface area contributed by atoms with Crippen LogP contribution in [0.25, 0.3) is 0 Å². The van der Waals surface area contributed by atoms with Gasteiger partial charge in [0, 0.05) is 0 Å². The smallest absolute Gasteiger partial charge is 0.201 e. The highest BCUT2D eigenvalue weighted by atomic mass is 19.2. The van der Waals surface area contributed by atoms with E-state index < -0.39 is 11.6 Å². The summed E-state index contributed by atoms with van der Waals surface area (Å²) >= 11 is 0. The molecule has 0 saturated heterocycles. The number of ether oxygens (including phenoxy) is 1. The van der Waals surface area contributed by atoms with Crippen molar-refractivity contribution in [3.05, 3.63) is 53.8 Å². The lowest BCUT2D eigenvalue weighted by Crippen LogP contribution is -2.15. The van der Waals surface area contributed by atoms with Crippen LogP contribution in [0.2, 0.25) is 0 Å². The largest absolute Gasteiger partial charge is 0.462 e. The topological polar surface area (TPSA) is 9.23 Å². The second-order valence-electron chi connectivity index (χ2n) is 6.23. The van der Waals surface area contributed by atoms with Gasteiger partial charge in [-0.15, -0.1) is 0 Å². The summed E-state index contributed by atoms with van der Waals surface area (Å²) in [6.07, 6.45) is 13.7. The van der Waals surface area contributed by atoms with Gasteiger partial charge in [0.15, 0.2) is 11.6 Å². The predicted octanol–water partition coefficient (Wildman–Crippen LogP) is 6.51. The van der Waals surface area contributed by atoms with Crippen molar-refractivity contribution in [3.8, 4) is 5.75 Å². The molecular weight excluding hydrogens is 294 g/mol. The first-order valence-corrected chi connectivity index (χ1v) is 8.54. The monoisotopic (exact) mass is 320 g/mol. The third kappa shape index (κ3) is 4.66. The minimum absolute atomic E-state index is 0.0515. The van der Waals surface area contributed by atoms with Crippen molar-refractivity contribution < 1.29 is 13.5 Å². The summed E-state index contributed by atoms with van der Waals surface area (Å²) in [7, 11) is 0. The molecule has 126 valence electrons. The molecule has 0 unspecified atom stereocenters. The SMILES string of the molecule is CC=CCCC1CCC(c2ccc(OC=CC)c(F)c2F)CC1. The molecule has 0 bridgehead atoms. The minimum atomic E-state index is -0.879. The quantitative estimate of drug-likeness (QED) is 0.429. The molecule has 1 aromatic rings. The van der Waals surface area contributed by atoms with Crippen molar-refractivity contribution in [2.45, 2.75) is 58.3 Å². The highest BCUT2D eigenvalue weighted by molar-refractivity contribution is 5.33. The zero-order valence-electron chi connectivity index (χ0n) is 14.0. The van der Waals surface area contributed by atoms with Crippen molar-refractivity contribution >= 4 is 0 Å². The predicted molar refractivity (Wildman–Crippen MR) is 90.5 cm³/mol. The van der Waals surface area contributed by atoms with Gasteiger partial charge in [0.2, 0.25) is 5.82 Å². The highest BCUT2D eigenvalue weighted by Crippen LogP contribution is 2.39. The van der Waals surface area contributed by atoms with E-state index in [1.54, 1.807) is 19.1 Å². The molecule has 3 heteroatoms. The summed E-state index contributed by atoms with van der Waals surface area (Å²) in [5.41, 5.74) is 0.502. The van der Waals surface area contributed by atoms with Crippen LogP contribution in [-0.2, 0) is 0 Å². The Hall–Kier alpha value is -1.64. The highest BCUT2D eigenvalue weighted by Gasteiger charge is 2.26. The van der Waals surface area contributed by atoms with Crippen LogP contribution >= 0.6 is 0 Å². The van der Waals surface area contributed by atoms with Crippen molar-refractivity contribution in [1.29, 1.82) is 0 Å². The molecule has 0 heterocycles. The van der Waals surface area contributed by atoms with E-state index in [-0.39, 0.29) is 11.7 Å². The van der Waals surface area contributed by atoms with Gasteiger partial charge in [-0.2, -0.15) is 4.39 Å². The van der Waals surface area contributed by atoms with Crippen molar-refractivity contribution in [1.82, 2.24) is 0 Å². The summed E-state index contributed by atoms with van der Waals surface area (Å²) in [5.74, 6) is -0.838. The van der Waals surface area contributed by atoms with E-state index in [2.05, 4.69) is 12.2 Å². The van der Waals surface area contributed by atoms with Gasteiger partial charge >= 0.3 is 0 Å². The van der Waals surface area contributed by atoms with Gasteiger partial charge in [0.1, 0.15) is 0 Å². The molecule has 0 aromatic heterocycles. The van der Waals surface area contributed by atoms with Crippen LogP contribution in [-0.4, -0.2) is 0 Å². The molecule has 1 aromatic carbocycles. The number of benzene rings is 1. The van der Waals surface area contributed by atoms with Gasteiger partial charge in [-0.1, -0.05) is 24.3 Å². The molecule has 0 aliphatic heterocycles. The Labute approximate surface area is 138 Å². The first-order chi connectivity index (χ1) is 11.2. The molecule has 0 amide bonds. The number of hydrogen-bond acceptors (Lipinski definition) is 1. The molecule has 2 rings (SSSR count). The first kappa shape index (κ1) is 17.7. The fourth-order valence-electron chi connectivity index (χ4n) is 3.36. The van der Waals surface area contributed by atoms with E-state index in [0.717, 1.165) is 32.1 Å². The van der Waals surface area contributed by atoms with Crippen molar-refractivity contribution in [2.75, 3.05) is 0 Å². The van der Waals surface area contributed by atoms with Crippen LogP contribution in [0.5, 0.6) is 5.75 Å². The fourth-order valence-corrected chi connectivity index (χ4v) is 3.36. The Kier molecular flexibility index (Phi) is 6.82. The molecular formula is C20H26F2O. The van der Waals surface area contributed by atoms with Crippen LogP contribution in [0.3, 0.4) is 0 Å². The zero-order chi connectivity index (χ0) is 16.7. The molecule has 0 N–H and O–H groups in total. The van der Waals surface area contributed by atoms with Crippen LogP contribution < -0.4 is 4.74 Å². The van der Waals surface area contributed by atoms with Gasteiger partial charge in [0.05, 0.1) is 6.26 Å². The van der Waals surface area contributed by atoms with E-state index in [4.69, 9.17) is 4.74 Å². The summed E-state index contributed by atoms with van der Waals surface area (Å²) in [5, 5.41) is 0. The Morgan fingerprint density at radius 1 is 1.04 bits per heavy atom. The molecule has 1 nitrogen and oxygen atoms in total. The molecule has 1 saturated carbocycles. The fraction of sp³-hybridized carbons (Fsp3) is 0.500. The molecule has 1 aliphatic rings. The Morgan fingerprint density at radius 3 is 2.43 bits per heavy atom. The third-order valence-electron chi connectivity index (χ3n) is 4.67. The summed E-state index contributed by atoms with van der Waals surface area (Å²) in [6.45, 7) is 3.80. The molecule has 1 aliphatic carbocycles. The number of hydrogen-bond donors (Lipinski definition) is 0. The Morgan fingerprint density at radius 2 is 1.78 bits per heavy atom. The lowest BCUT2D eigenvalue weighted by atomic mass is 9.77. The molecule has 0 spiro atoms. The number of rotatable bonds is 6. The maximum atomic E-state index is 14.3. The summed E-state index contributed by atoms with van der Waals surface area (Å²) in [4.78, 5) is 0. The molecule has 1 fully saturated rings. The maximum absolute atomic E-state index is 14.3. The van der Waals surface area contributed by atoms with Gasteiger partial charge < -0.3 is 4.74 Å². The van der Waals surface area contributed by atoms with Crippen molar-refractivity contribution in [3.63, 3.8) is 0 Å². The Bertz CT molecular complexity index is 555. The van der Waals surface area contributed by atoms with Crippen LogP contribution in [0.1, 0.15) is 63.9 Å². The second-order valence-corrected chi connectivity index (χ2v) is 6.23. The average molecular weight is 320 g/mol. The van der Waals surface area contributed by atoms with E-state index >= 15 is 0 Å². The van der Waals surface area contributed by atoms with Gasteiger partial charge in [-0.05, 0) is 75.8 Å². The van der Waals surface area contributed by atoms with E-state index in [1.165, 1.54) is 18.7 Å². The standard InChI is InChI=1S/C20H26F2O/c1-3-5-6-7-15-8-10-16(11-9-15)17-12-13-18(23-14-4-2)20(22)19(17)21/h3-5,12-16H,6-11H2,1-2H3. The van der Waals surface area contributed by atoms with E-state index in [0.29, 0.717) is 11.5 Å². The normalized spacial score (nSPS) is 22.1. The van der Waals surface area contributed by atoms with E-state index in [9.17, 15) is 8.78 Å². The Balaban J connectivity index is 1.99. The molecule has 23 heavy (non-hydrogen) atoms. The maximum Gasteiger partial charge on any atom is 0.201 e. The lowest BCUT2D eigenvalue weighted by molar-refractivity contribution is 0.305. The van der Waals surface area contributed by atoms with Crippen LogP contribution in [0, 0.1) is 17.6 Å². The van der Waals surface area contributed by atoms with Gasteiger partial charge in [0.25, 0.3) is 0 Å². The molecule has 0 radical (unpaired) electrons. The first-order valence-electron chi connectivity index (χ1n) is 8.54. The van der Waals surface area contributed by atoms with Crippen molar-refractivity contribution in [2.24, 2.45) is 5.92 Å². The minimum Gasteiger partial charge on any atom is -0.462 e. The zero-order valence-corrected chi connectivity index (χ0v) is 14.0. The number of allylic oxidation sites excluding steroid dienone is 3. The summed E-state index contributed by atoms with van der Waals surface area (Å²) in [6, 6.07) is 3.22. The van der Waals surface area contributed by atoms with Crippen LogP contribution in [0.15, 0.2) is 36.6 Å². The summed E-state index contributed by atoms with van der Waals surface area (Å²) < 4.78 is 33.5. The third-order valence-corrected chi connectivity index (χ3v) is 4.67.